The molecule has 1 spiro atoms. The minimum atomic E-state index is -0.211. The first-order chi connectivity index (χ1) is 13.4. The number of halogens is 2. The van der Waals surface area contributed by atoms with Crippen molar-refractivity contribution in [3.8, 4) is 0 Å². The van der Waals surface area contributed by atoms with E-state index in [4.69, 9.17) is 23.2 Å². The lowest BCUT2D eigenvalue weighted by atomic mass is 9.90. The highest BCUT2D eigenvalue weighted by Gasteiger charge is 2.51. The van der Waals surface area contributed by atoms with E-state index in [-0.39, 0.29) is 23.5 Å². The van der Waals surface area contributed by atoms with Crippen molar-refractivity contribution < 1.29 is 9.90 Å². The monoisotopic (exact) mass is 425 g/mol. The Morgan fingerprint density at radius 2 is 1.89 bits per heavy atom. The number of hydrogen-bond donors (Lipinski definition) is 1. The van der Waals surface area contributed by atoms with E-state index < -0.39 is 0 Å². The molecule has 4 rings (SSSR count). The number of hydrogen-bond acceptors (Lipinski definition) is 4. The molecule has 5 nitrogen and oxygen atoms in total. The molecule has 2 heterocycles. The third-order valence-electron chi connectivity index (χ3n) is 6.84. The van der Waals surface area contributed by atoms with Gasteiger partial charge in [0.2, 0.25) is 5.91 Å². The molecule has 1 aliphatic carbocycles. The van der Waals surface area contributed by atoms with Crippen molar-refractivity contribution in [2.75, 3.05) is 44.2 Å². The molecule has 0 radical (unpaired) electrons. The van der Waals surface area contributed by atoms with Crippen molar-refractivity contribution in [3.63, 3.8) is 0 Å². The summed E-state index contributed by atoms with van der Waals surface area (Å²) in [7, 11) is 0. The maximum Gasteiger partial charge on any atom is 0.245 e. The van der Waals surface area contributed by atoms with Crippen LogP contribution < -0.4 is 4.90 Å². The van der Waals surface area contributed by atoms with Crippen molar-refractivity contribution in [2.45, 2.75) is 44.8 Å². The second-order valence-electron chi connectivity index (χ2n) is 8.58. The topological polar surface area (TPSA) is 47.0 Å². The second kappa shape index (κ2) is 8.02. The van der Waals surface area contributed by atoms with Crippen LogP contribution in [0.15, 0.2) is 18.2 Å². The smallest absolute Gasteiger partial charge is 0.245 e. The van der Waals surface area contributed by atoms with Gasteiger partial charge in [-0.2, -0.15) is 0 Å². The Labute approximate surface area is 177 Å². The average Bonchev–Trinajstić information content (AvgIpc) is 3.45. The van der Waals surface area contributed by atoms with Gasteiger partial charge in [0.25, 0.3) is 0 Å². The summed E-state index contributed by atoms with van der Waals surface area (Å²) in [6.07, 6.45) is 4.28. The number of benzene rings is 1. The summed E-state index contributed by atoms with van der Waals surface area (Å²) in [5, 5.41) is 11.4. The van der Waals surface area contributed by atoms with Gasteiger partial charge in [-0.25, -0.2) is 0 Å². The van der Waals surface area contributed by atoms with Crippen molar-refractivity contribution in [1.82, 2.24) is 9.80 Å². The van der Waals surface area contributed by atoms with Crippen LogP contribution in [0.2, 0.25) is 10.0 Å². The summed E-state index contributed by atoms with van der Waals surface area (Å²) in [5.74, 6) is 0.160. The molecule has 2 atom stereocenters. The highest BCUT2D eigenvalue weighted by Crippen LogP contribution is 2.53. The molecule has 0 aromatic heterocycles. The average molecular weight is 426 g/mol. The molecule has 3 fully saturated rings. The Balaban J connectivity index is 1.26. The van der Waals surface area contributed by atoms with E-state index in [1.807, 2.05) is 24.0 Å². The Morgan fingerprint density at radius 1 is 1.11 bits per heavy atom. The molecule has 1 amide bonds. The van der Waals surface area contributed by atoms with Crippen LogP contribution in [0.4, 0.5) is 5.69 Å². The molecule has 28 heavy (non-hydrogen) atoms. The highest BCUT2D eigenvalue weighted by molar-refractivity contribution is 6.42. The van der Waals surface area contributed by atoms with Gasteiger partial charge in [0.15, 0.2) is 0 Å². The van der Waals surface area contributed by atoms with Crippen LogP contribution in [-0.2, 0) is 4.79 Å². The molecule has 154 valence electrons. The number of anilines is 1. The SMILES string of the molecule is C[C@@H]1C(=O)N(CCCN2CCC3(CC3)[C@H](O)C2)CCN1c1ccc(Cl)c(Cl)c1. The van der Waals surface area contributed by atoms with Gasteiger partial charge in [-0.05, 0) is 69.3 Å². The molecule has 2 aliphatic heterocycles. The summed E-state index contributed by atoms with van der Waals surface area (Å²) in [5.41, 5.74) is 1.19. The summed E-state index contributed by atoms with van der Waals surface area (Å²) in [6.45, 7) is 7.04. The normalized spacial score (nSPS) is 27.5. The predicted molar refractivity (Wildman–Crippen MR) is 113 cm³/mol. The number of amides is 1. The zero-order valence-corrected chi connectivity index (χ0v) is 17.9. The minimum absolute atomic E-state index is 0.160. The Bertz CT molecular complexity index is 740. The summed E-state index contributed by atoms with van der Waals surface area (Å²) >= 11 is 12.2. The van der Waals surface area contributed by atoms with Gasteiger partial charge < -0.3 is 19.8 Å². The molecule has 3 aliphatic rings. The number of aliphatic hydroxyl groups is 1. The van der Waals surface area contributed by atoms with Crippen molar-refractivity contribution in [3.05, 3.63) is 28.2 Å². The molecule has 0 unspecified atom stereocenters. The Hall–Kier alpha value is -1.01. The fraction of sp³-hybridized carbons (Fsp3) is 0.667. The quantitative estimate of drug-likeness (QED) is 0.785. The highest BCUT2D eigenvalue weighted by atomic mass is 35.5. The van der Waals surface area contributed by atoms with E-state index in [1.54, 1.807) is 6.07 Å². The zero-order valence-electron chi connectivity index (χ0n) is 16.4. The lowest BCUT2D eigenvalue weighted by Gasteiger charge is -2.41. The fourth-order valence-electron chi connectivity index (χ4n) is 4.68. The number of nitrogens with zero attached hydrogens (tertiary/aromatic N) is 3. The molecule has 0 bridgehead atoms. The molecular formula is C21H29Cl2N3O2. The summed E-state index contributed by atoms with van der Waals surface area (Å²) in [4.78, 5) is 19.3. The fourth-order valence-corrected chi connectivity index (χ4v) is 4.97. The maximum absolute atomic E-state index is 12.9. The third kappa shape index (κ3) is 4.00. The molecule has 2 saturated heterocycles. The molecule has 1 saturated carbocycles. The standard InChI is InChI=1S/C21H29Cl2N3O2/c1-15-20(28)25(11-12-26(15)16-3-4-17(22)18(23)13-16)9-2-8-24-10-7-21(5-6-21)19(27)14-24/h3-4,13,15,19,27H,2,5-12,14H2,1H3/t15-,19-/m1/s1. The number of piperazine rings is 1. The van der Waals surface area contributed by atoms with Crippen LogP contribution in [0.25, 0.3) is 0 Å². The van der Waals surface area contributed by atoms with E-state index in [2.05, 4.69) is 9.80 Å². The number of carbonyl (C=O) groups is 1. The van der Waals surface area contributed by atoms with Gasteiger partial charge in [-0.1, -0.05) is 23.2 Å². The lowest BCUT2D eigenvalue weighted by Crippen LogP contribution is -2.56. The van der Waals surface area contributed by atoms with Crippen LogP contribution in [0, 0.1) is 5.41 Å². The van der Waals surface area contributed by atoms with E-state index in [1.165, 1.54) is 12.8 Å². The lowest BCUT2D eigenvalue weighted by molar-refractivity contribution is -0.134. The van der Waals surface area contributed by atoms with Gasteiger partial charge in [-0.3, -0.25) is 4.79 Å². The van der Waals surface area contributed by atoms with Crippen LogP contribution in [-0.4, -0.2) is 72.2 Å². The first-order valence-corrected chi connectivity index (χ1v) is 11.1. The van der Waals surface area contributed by atoms with Gasteiger partial charge in [0.05, 0.1) is 16.1 Å². The van der Waals surface area contributed by atoms with Gasteiger partial charge in [0, 0.05) is 31.9 Å². The number of β-amino-alcohol motifs (C(OH)–C–C–N with tert-alkyl or cyclic N) is 1. The third-order valence-corrected chi connectivity index (χ3v) is 7.58. The summed E-state index contributed by atoms with van der Waals surface area (Å²) < 4.78 is 0. The number of aliphatic hydroxyl groups excluding tert-OH is 1. The van der Waals surface area contributed by atoms with Crippen LogP contribution in [0.5, 0.6) is 0 Å². The first kappa shape index (κ1) is 20.3. The molecule has 7 heteroatoms. The number of rotatable bonds is 5. The predicted octanol–water partition coefficient (Wildman–Crippen LogP) is 3.27. The van der Waals surface area contributed by atoms with Crippen molar-refractivity contribution in [1.29, 1.82) is 0 Å². The summed E-state index contributed by atoms with van der Waals surface area (Å²) in [6, 6.07) is 5.32. The largest absolute Gasteiger partial charge is 0.391 e. The molecule has 1 aromatic rings. The Morgan fingerprint density at radius 3 is 2.57 bits per heavy atom. The molecular weight excluding hydrogens is 397 g/mol. The van der Waals surface area contributed by atoms with E-state index >= 15 is 0 Å². The Kier molecular flexibility index (Phi) is 5.81. The van der Waals surface area contributed by atoms with E-state index in [9.17, 15) is 9.90 Å². The minimum Gasteiger partial charge on any atom is -0.391 e. The number of piperidine rings is 1. The zero-order chi connectivity index (χ0) is 19.9. The second-order valence-corrected chi connectivity index (χ2v) is 9.39. The number of likely N-dealkylation sites (tertiary alicyclic amines) is 1. The van der Waals surface area contributed by atoms with Crippen molar-refractivity contribution >= 4 is 34.8 Å². The van der Waals surface area contributed by atoms with E-state index in [0.29, 0.717) is 10.0 Å². The van der Waals surface area contributed by atoms with Gasteiger partial charge >= 0.3 is 0 Å². The van der Waals surface area contributed by atoms with Gasteiger partial charge in [-0.15, -0.1) is 0 Å². The molecule has 1 aromatic carbocycles. The maximum atomic E-state index is 12.9. The van der Waals surface area contributed by atoms with E-state index in [0.717, 1.165) is 57.8 Å². The van der Waals surface area contributed by atoms with Gasteiger partial charge in [0.1, 0.15) is 6.04 Å². The molecule has 1 N–H and O–H groups in total. The van der Waals surface area contributed by atoms with Crippen LogP contribution in [0.1, 0.15) is 32.6 Å². The number of carbonyl (C=O) groups excluding carboxylic acids is 1. The van der Waals surface area contributed by atoms with Crippen molar-refractivity contribution in [2.24, 2.45) is 5.41 Å². The van der Waals surface area contributed by atoms with Crippen LogP contribution in [0.3, 0.4) is 0 Å². The van der Waals surface area contributed by atoms with Crippen LogP contribution >= 0.6 is 23.2 Å². The first-order valence-electron chi connectivity index (χ1n) is 10.3.